The number of amides is 1. The molecule has 0 bridgehead atoms. The van der Waals surface area contributed by atoms with Crippen LogP contribution in [0.2, 0.25) is 5.02 Å². The van der Waals surface area contributed by atoms with Gasteiger partial charge in [0.1, 0.15) is 23.9 Å². The third-order valence-electron chi connectivity index (χ3n) is 3.55. The van der Waals surface area contributed by atoms with E-state index in [2.05, 4.69) is 5.32 Å². The fourth-order valence-electron chi connectivity index (χ4n) is 2.20. The molecule has 0 radical (unpaired) electrons. The van der Waals surface area contributed by atoms with E-state index in [9.17, 15) is 9.90 Å². The van der Waals surface area contributed by atoms with Crippen LogP contribution in [-0.2, 0) is 6.61 Å². The maximum Gasteiger partial charge on any atom is 0.291 e. The van der Waals surface area contributed by atoms with E-state index in [4.69, 9.17) is 20.8 Å². The zero-order valence-corrected chi connectivity index (χ0v) is 14.2. The van der Waals surface area contributed by atoms with Crippen LogP contribution in [0.3, 0.4) is 0 Å². The minimum atomic E-state index is -0.449. The van der Waals surface area contributed by atoms with Crippen molar-refractivity contribution in [3.8, 4) is 11.5 Å². The molecule has 2 aromatic carbocycles. The summed E-state index contributed by atoms with van der Waals surface area (Å²) >= 11 is 5.98. The number of para-hydroxylation sites is 2. The Hall–Kier alpha value is -2.92. The molecule has 3 aromatic rings. The lowest BCUT2D eigenvalue weighted by Crippen LogP contribution is -2.10. The third kappa shape index (κ3) is 4.14. The van der Waals surface area contributed by atoms with Crippen molar-refractivity contribution in [1.82, 2.24) is 0 Å². The number of phenolic OH excluding ortho intramolecular Hbond substituents is 1. The van der Waals surface area contributed by atoms with Gasteiger partial charge in [0.25, 0.3) is 5.91 Å². The van der Waals surface area contributed by atoms with Crippen LogP contribution in [0.4, 0.5) is 5.69 Å². The summed E-state index contributed by atoms with van der Waals surface area (Å²) in [5, 5.41) is 13.0. The summed E-state index contributed by atoms with van der Waals surface area (Å²) in [6.45, 7) is 2.08. The quantitative estimate of drug-likeness (QED) is 0.645. The molecule has 0 saturated heterocycles. The lowest BCUT2D eigenvalue weighted by molar-refractivity contribution is 0.0992. The minimum absolute atomic E-state index is 0.0101. The third-order valence-corrected chi connectivity index (χ3v) is 3.97. The van der Waals surface area contributed by atoms with Gasteiger partial charge in [-0.25, -0.2) is 0 Å². The Morgan fingerprint density at radius 3 is 2.76 bits per heavy atom. The normalized spacial score (nSPS) is 10.5. The van der Waals surface area contributed by atoms with Crippen LogP contribution >= 0.6 is 11.6 Å². The lowest BCUT2D eigenvalue weighted by atomic mass is 10.2. The molecule has 0 atom stereocenters. The standard InChI is InChI=1S/C19H16ClNO4/c1-12-10-13(6-8-15(12)20)24-11-14-7-9-18(25-14)19(23)21-16-4-2-3-5-17(16)22/h2-10,22H,11H2,1H3,(H,21,23). The van der Waals surface area contributed by atoms with Gasteiger partial charge in [-0.1, -0.05) is 23.7 Å². The molecule has 5 nitrogen and oxygen atoms in total. The molecule has 128 valence electrons. The molecular weight excluding hydrogens is 342 g/mol. The Morgan fingerprint density at radius 2 is 2.00 bits per heavy atom. The number of hydrogen-bond acceptors (Lipinski definition) is 4. The molecule has 1 amide bonds. The number of anilines is 1. The highest BCUT2D eigenvalue weighted by Gasteiger charge is 2.13. The van der Waals surface area contributed by atoms with E-state index in [0.717, 1.165) is 5.56 Å². The van der Waals surface area contributed by atoms with E-state index >= 15 is 0 Å². The molecule has 0 spiro atoms. The molecule has 0 unspecified atom stereocenters. The SMILES string of the molecule is Cc1cc(OCc2ccc(C(=O)Nc3ccccc3O)o2)ccc1Cl. The van der Waals surface area contributed by atoms with Crippen LogP contribution in [0.5, 0.6) is 11.5 Å². The molecule has 0 aliphatic rings. The number of rotatable bonds is 5. The molecule has 0 fully saturated rings. The number of benzene rings is 2. The summed E-state index contributed by atoms with van der Waals surface area (Å²) in [6.07, 6.45) is 0. The molecule has 1 heterocycles. The van der Waals surface area contributed by atoms with E-state index in [1.807, 2.05) is 13.0 Å². The maximum atomic E-state index is 12.2. The van der Waals surface area contributed by atoms with Gasteiger partial charge >= 0.3 is 0 Å². The van der Waals surface area contributed by atoms with Crippen LogP contribution in [0.15, 0.2) is 59.0 Å². The van der Waals surface area contributed by atoms with Crippen LogP contribution in [0.1, 0.15) is 21.9 Å². The summed E-state index contributed by atoms with van der Waals surface area (Å²) in [5.41, 5.74) is 1.24. The second kappa shape index (κ2) is 7.32. The van der Waals surface area contributed by atoms with E-state index in [1.54, 1.807) is 42.5 Å². The predicted molar refractivity (Wildman–Crippen MR) is 95.3 cm³/mol. The summed E-state index contributed by atoms with van der Waals surface area (Å²) in [4.78, 5) is 12.2. The molecular formula is C19H16ClNO4. The first-order valence-electron chi connectivity index (χ1n) is 7.60. The van der Waals surface area contributed by atoms with Crippen LogP contribution < -0.4 is 10.1 Å². The average molecular weight is 358 g/mol. The largest absolute Gasteiger partial charge is 0.506 e. The van der Waals surface area contributed by atoms with Gasteiger partial charge in [-0.2, -0.15) is 0 Å². The van der Waals surface area contributed by atoms with Gasteiger partial charge in [-0.05, 0) is 55.0 Å². The Labute approximate surface area is 149 Å². The number of carbonyl (C=O) groups excluding carboxylic acids is 1. The number of aryl methyl sites for hydroxylation is 1. The van der Waals surface area contributed by atoms with Crippen molar-refractivity contribution >= 4 is 23.2 Å². The van der Waals surface area contributed by atoms with Crippen molar-refractivity contribution in [2.24, 2.45) is 0 Å². The summed E-state index contributed by atoms with van der Waals surface area (Å²) in [6, 6.07) is 15.1. The van der Waals surface area contributed by atoms with E-state index < -0.39 is 5.91 Å². The van der Waals surface area contributed by atoms with Crippen molar-refractivity contribution in [2.45, 2.75) is 13.5 Å². The zero-order valence-electron chi connectivity index (χ0n) is 13.5. The first-order valence-corrected chi connectivity index (χ1v) is 7.98. The van der Waals surface area contributed by atoms with Crippen molar-refractivity contribution in [3.05, 3.63) is 76.7 Å². The fourth-order valence-corrected chi connectivity index (χ4v) is 2.32. The molecule has 2 N–H and O–H groups in total. The number of furan rings is 1. The highest BCUT2D eigenvalue weighted by molar-refractivity contribution is 6.31. The van der Waals surface area contributed by atoms with Gasteiger partial charge < -0.3 is 19.6 Å². The molecule has 0 aliphatic heterocycles. The van der Waals surface area contributed by atoms with Gasteiger partial charge in [-0.15, -0.1) is 0 Å². The number of hydrogen-bond donors (Lipinski definition) is 2. The number of carbonyl (C=O) groups is 1. The lowest BCUT2D eigenvalue weighted by Gasteiger charge is -2.06. The number of ether oxygens (including phenoxy) is 1. The van der Waals surface area contributed by atoms with E-state index in [-0.39, 0.29) is 18.1 Å². The molecule has 25 heavy (non-hydrogen) atoms. The van der Waals surface area contributed by atoms with Crippen LogP contribution in [-0.4, -0.2) is 11.0 Å². The molecule has 3 rings (SSSR count). The monoisotopic (exact) mass is 357 g/mol. The number of nitrogens with one attached hydrogen (secondary N) is 1. The zero-order chi connectivity index (χ0) is 17.8. The summed E-state index contributed by atoms with van der Waals surface area (Å²) in [7, 11) is 0. The highest BCUT2D eigenvalue weighted by atomic mass is 35.5. The Bertz CT molecular complexity index is 904. The first-order chi connectivity index (χ1) is 12.0. The van der Waals surface area contributed by atoms with Crippen molar-refractivity contribution in [1.29, 1.82) is 0 Å². The van der Waals surface area contributed by atoms with E-state index in [0.29, 0.717) is 22.2 Å². The fraction of sp³-hybridized carbons (Fsp3) is 0.105. The predicted octanol–water partition coefficient (Wildman–Crippen LogP) is 4.78. The minimum Gasteiger partial charge on any atom is -0.506 e. The Kier molecular flexibility index (Phi) is 4.95. The molecule has 6 heteroatoms. The van der Waals surface area contributed by atoms with Gasteiger partial charge in [-0.3, -0.25) is 4.79 Å². The van der Waals surface area contributed by atoms with Crippen LogP contribution in [0, 0.1) is 6.92 Å². The van der Waals surface area contributed by atoms with Crippen LogP contribution in [0.25, 0.3) is 0 Å². The smallest absolute Gasteiger partial charge is 0.291 e. The number of halogens is 1. The maximum absolute atomic E-state index is 12.2. The van der Waals surface area contributed by atoms with Gasteiger partial charge in [0.2, 0.25) is 0 Å². The van der Waals surface area contributed by atoms with Gasteiger partial charge in [0.05, 0.1) is 5.69 Å². The average Bonchev–Trinajstić information content (AvgIpc) is 3.07. The second-order valence-electron chi connectivity index (χ2n) is 5.44. The van der Waals surface area contributed by atoms with Gasteiger partial charge in [0, 0.05) is 5.02 Å². The van der Waals surface area contributed by atoms with Gasteiger partial charge in [0.15, 0.2) is 5.76 Å². The molecule has 1 aromatic heterocycles. The second-order valence-corrected chi connectivity index (χ2v) is 5.84. The molecule has 0 saturated carbocycles. The van der Waals surface area contributed by atoms with E-state index in [1.165, 1.54) is 6.07 Å². The summed E-state index contributed by atoms with van der Waals surface area (Å²) < 4.78 is 11.1. The molecule has 0 aliphatic carbocycles. The topological polar surface area (TPSA) is 71.7 Å². The first kappa shape index (κ1) is 16.9. The number of phenols is 1. The Balaban J connectivity index is 1.62. The highest BCUT2D eigenvalue weighted by Crippen LogP contribution is 2.24. The van der Waals surface area contributed by atoms with Crippen molar-refractivity contribution in [2.75, 3.05) is 5.32 Å². The van der Waals surface area contributed by atoms with Crippen molar-refractivity contribution in [3.63, 3.8) is 0 Å². The van der Waals surface area contributed by atoms with Crippen molar-refractivity contribution < 1.29 is 19.1 Å². The Morgan fingerprint density at radius 1 is 1.20 bits per heavy atom. The number of aromatic hydroxyl groups is 1. The summed E-state index contributed by atoms with van der Waals surface area (Å²) in [5.74, 6) is 0.849.